The minimum Gasteiger partial charge on any atom is -0.391 e. The lowest BCUT2D eigenvalue weighted by Crippen LogP contribution is -2.27. The van der Waals surface area contributed by atoms with Crippen LogP contribution < -0.4 is 0 Å². The monoisotopic (exact) mass is 322 g/mol. The Morgan fingerprint density at radius 1 is 1.32 bits per heavy atom. The Kier molecular flexibility index (Phi) is 3.89. The van der Waals surface area contributed by atoms with Gasteiger partial charge in [0.15, 0.2) is 0 Å². The van der Waals surface area contributed by atoms with Crippen molar-refractivity contribution in [3.8, 4) is 0 Å². The van der Waals surface area contributed by atoms with Crippen molar-refractivity contribution in [1.29, 1.82) is 0 Å². The molecule has 1 aliphatic carbocycles. The minimum absolute atomic E-state index is 0.270. The molecule has 1 N–H and O–H groups in total. The Bertz CT molecular complexity index is 560. The zero-order valence-electron chi connectivity index (χ0n) is 10.9. The molecular weight excluding hydrogens is 304 g/mol. The van der Waals surface area contributed by atoms with Gasteiger partial charge < -0.3 is 5.11 Å². The highest BCUT2D eigenvalue weighted by Crippen LogP contribution is 2.28. The van der Waals surface area contributed by atoms with Gasteiger partial charge in [-0.3, -0.25) is 4.68 Å². The molecule has 1 aromatic carbocycles. The molecule has 19 heavy (non-hydrogen) atoms. The Morgan fingerprint density at radius 2 is 2.11 bits per heavy atom. The molecule has 0 radical (unpaired) electrons. The van der Waals surface area contributed by atoms with Crippen LogP contribution in [0.2, 0.25) is 0 Å². The summed E-state index contributed by atoms with van der Waals surface area (Å²) in [5.74, 6) is 0.449. The average Bonchev–Trinajstić information content (AvgIpc) is 2.84. The number of nitrogens with zero attached hydrogens (tertiary/aromatic N) is 2. The number of aromatic nitrogens is 2. The molecule has 0 bridgehead atoms. The highest BCUT2D eigenvalue weighted by molar-refractivity contribution is 9.10. The predicted molar refractivity (Wildman–Crippen MR) is 80.0 cm³/mol. The topological polar surface area (TPSA) is 38.0 Å². The Morgan fingerprint density at radius 3 is 2.84 bits per heavy atom. The van der Waals surface area contributed by atoms with Crippen molar-refractivity contribution in [2.45, 2.75) is 44.8 Å². The summed E-state index contributed by atoms with van der Waals surface area (Å²) in [4.78, 5) is 0. The van der Waals surface area contributed by atoms with Gasteiger partial charge >= 0.3 is 0 Å². The van der Waals surface area contributed by atoms with Crippen LogP contribution in [-0.4, -0.2) is 21.0 Å². The van der Waals surface area contributed by atoms with Crippen LogP contribution in [0.4, 0.5) is 0 Å². The molecule has 0 spiro atoms. The van der Waals surface area contributed by atoms with Gasteiger partial charge in [0.25, 0.3) is 0 Å². The maximum absolute atomic E-state index is 10.3. The normalized spacial score (nSPS) is 18.8. The number of rotatable bonds is 3. The van der Waals surface area contributed by atoms with Gasteiger partial charge in [-0.15, -0.1) is 0 Å². The number of aliphatic hydroxyl groups excluding tert-OH is 1. The molecule has 2 aromatic rings. The summed E-state index contributed by atoms with van der Waals surface area (Å²) in [7, 11) is 0. The van der Waals surface area contributed by atoms with Crippen LogP contribution in [0.1, 0.15) is 32.1 Å². The maximum Gasteiger partial charge on any atom is 0.0934 e. The zero-order chi connectivity index (χ0) is 13.2. The van der Waals surface area contributed by atoms with E-state index >= 15 is 0 Å². The van der Waals surface area contributed by atoms with Crippen molar-refractivity contribution >= 4 is 26.8 Å². The summed E-state index contributed by atoms with van der Waals surface area (Å²) < 4.78 is 2.94. The van der Waals surface area contributed by atoms with E-state index < -0.39 is 0 Å². The van der Waals surface area contributed by atoms with Gasteiger partial charge in [-0.2, -0.15) is 5.10 Å². The van der Waals surface area contributed by atoms with E-state index in [2.05, 4.69) is 21.0 Å². The van der Waals surface area contributed by atoms with Crippen LogP contribution in [0.3, 0.4) is 0 Å². The third kappa shape index (κ3) is 2.84. The molecule has 0 amide bonds. The van der Waals surface area contributed by atoms with E-state index in [-0.39, 0.29) is 6.10 Å². The molecule has 1 aromatic heterocycles. The minimum atomic E-state index is -0.270. The summed E-state index contributed by atoms with van der Waals surface area (Å²) in [6.07, 6.45) is 7.90. The molecule has 3 nitrogen and oxygen atoms in total. The van der Waals surface area contributed by atoms with E-state index in [4.69, 9.17) is 0 Å². The molecule has 3 rings (SSSR count). The van der Waals surface area contributed by atoms with E-state index in [0.717, 1.165) is 28.2 Å². The molecular formula is C15H19BrN2O. The summed E-state index contributed by atoms with van der Waals surface area (Å²) in [5.41, 5.74) is 0.977. The lowest BCUT2D eigenvalue weighted by atomic mass is 9.85. The lowest BCUT2D eigenvalue weighted by Gasteiger charge is -2.26. The molecule has 0 aliphatic heterocycles. The number of halogens is 1. The molecule has 1 fully saturated rings. The van der Waals surface area contributed by atoms with Crippen LogP contribution in [0, 0.1) is 5.92 Å². The summed E-state index contributed by atoms with van der Waals surface area (Å²) in [5, 5.41) is 16.0. The second-order valence-corrected chi connectivity index (χ2v) is 6.34. The molecule has 1 unspecified atom stereocenters. The van der Waals surface area contributed by atoms with E-state index in [0.29, 0.717) is 12.5 Å². The molecule has 4 heteroatoms. The SMILES string of the molecule is OC(Cn1cc2c(Br)cccc2n1)C1CCCCC1. The van der Waals surface area contributed by atoms with Gasteiger partial charge in [-0.25, -0.2) is 0 Å². The largest absolute Gasteiger partial charge is 0.391 e. The Hall–Kier alpha value is -0.870. The van der Waals surface area contributed by atoms with E-state index in [1.807, 2.05) is 29.1 Å². The van der Waals surface area contributed by atoms with Gasteiger partial charge in [0.2, 0.25) is 0 Å². The van der Waals surface area contributed by atoms with Gasteiger partial charge in [-0.05, 0) is 30.9 Å². The fourth-order valence-electron chi connectivity index (χ4n) is 3.01. The van der Waals surface area contributed by atoms with Gasteiger partial charge in [0.1, 0.15) is 0 Å². The fourth-order valence-corrected chi connectivity index (χ4v) is 3.47. The molecule has 1 atom stereocenters. The molecule has 1 heterocycles. The first-order chi connectivity index (χ1) is 9.24. The Balaban J connectivity index is 1.75. The number of hydrogen-bond acceptors (Lipinski definition) is 2. The third-order valence-corrected chi connectivity index (χ3v) is 4.80. The maximum atomic E-state index is 10.3. The number of hydrogen-bond donors (Lipinski definition) is 1. The predicted octanol–water partition coefficient (Wildman–Crippen LogP) is 3.74. The van der Waals surface area contributed by atoms with E-state index in [1.165, 1.54) is 19.3 Å². The first kappa shape index (κ1) is 13.1. The van der Waals surface area contributed by atoms with E-state index in [1.54, 1.807) is 0 Å². The molecule has 0 saturated heterocycles. The smallest absolute Gasteiger partial charge is 0.0934 e. The number of fused-ring (bicyclic) bond motifs is 1. The van der Waals surface area contributed by atoms with Gasteiger partial charge in [0, 0.05) is 16.1 Å². The van der Waals surface area contributed by atoms with Crippen molar-refractivity contribution < 1.29 is 5.11 Å². The summed E-state index contributed by atoms with van der Waals surface area (Å²) in [6.45, 7) is 0.603. The van der Waals surface area contributed by atoms with Crippen LogP contribution in [0.15, 0.2) is 28.9 Å². The number of aliphatic hydroxyl groups is 1. The average molecular weight is 323 g/mol. The van der Waals surface area contributed by atoms with Crippen molar-refractivity contribution in [3.63, 3.8) is 0 Å². The van der Waals surface area contributed by atoms with Gasteiger partial charge in [0.05, 0.1) is 18.2 Å². The number of benzene rings is 1. The standard InChI is InChI=1S/C15H19BrN2O/c16-13-7-4-8-14-12(13)9-18(17-14)10-15(19)11-5-2-1-3-6-11/h4,7-9,11,15,19H,1-3,5-6,10H2. The fraction of sp³-hybridized carbons (Fsp3) is 0.533. The lowest BCUT2D eigenvalue weighted by molar-refractivity contribution is 0.0667. The molecule has 1 saturated carbocycles. The third-order valence-electron chi connectivity index (χ3n) is 4.11. The second-order valence-electron chi connectivity index (χ2n) is 5.49. The zero-order valence-corrected chi connectivity index (χ0v) is 12.5. The van der Waals surface area contributed by atoms with Crippen LogP contribution in [0.25, 0.3) is 10.9 Å². The summed E-state index contributed by atoms with van der Waals surface area (Å²) >= 11 is 3.54. The molecule has 102 valence electrons. The van der Waals surface area contributed by atoms with Crippen LogP contribution in [0.5, 0.6) is 0 Å². The highest BCUT2D eigenvalue weighted by atomic mass is 79.9. The van der Waals surface area contributed by atoms with Crippen LogP contribution in [-0.2, 0) is 6.54 Å². The van der Waals surface area contributed by atoms with E-state index in [9.17, 15) is 5.11 Å². The quantitative estimate of drug-likeness (QED) is 0.934. The van der Waals surface area contributed by atoms with Crippen molar-refractivity contribution in [2.75, 3.05) is 0 Å². The first-order valence-electron chi connectivity index (χ1n) is 7.04. The van der Waals surface area contributed by atoms with Crippen molar-refractivity contribution in [3.05, 3.63) is 28.9 Å². The second kappa shape index (κ2) is 5.63. The summed E-state index contributed by atoms with van der Waals surface area (Å²) in [6, 6.07) is 6.01. The van der Waals surface area contributed by atoms with Crippen molar-refractivity contribution in [1.82, 2.24) is 9.78 Å². The first-order valence-corrected chi connectivity index (χ1v) is 7.83. The highest BCUT2D eigenvalue weighted by Gasteiger charge is 2.22. The van der Waals surface area contributed by atoms with Crippen LogP contribution >= 0.6 is 15.9 Å². The molecule has 1 aliphatic rings. The van der Waals surface area contributed by atoms with Crippen molar-refractivity contribution in [2.24, 2.45) is 5.92 Å². The van der Waals surface area contributed by atoms with Gasteiger partial charge in [-0.1, -0.05) is 41.3 Å². The Labute approximate surface area is 121 Å².